The molecule has 0 amide bonds. The first kappa shape index (κ1) is 21.6. The van der Waals surface area contributed by atoms with Gasteiger partial charge in [0.2, 0.25) is 0 Å². The fraction of sp³-hybridized carbons (Fsp3) is 0.200. The van der Waals surface area contributed by atoms with Crippen molar-refractivity contribution in [3.05, 3.63) is 77.5 Å². The van der Waals surface area contributed by atoms with E-state index in [9.17, 15) is 0 Å². The first-order chi connectivity index (χ1) is 14.1. The maximum absolute atomic E-state index is 8.36. The van der Waals surface area contributed by atoms with Crippen LogP contribution in [0.15, 0.2) is 55.0 Å². The average Bonchev–Trinajstić information content (AvgIpc) is 3.20. The molecule has 0 saturated heterocycles. The first-order valence-corrected chi connectivity index (χ1v) is 8.79. The second kappa shape index (κ2) is 11.2. The number of anilines is 1. The van der Waals surface area contributed by atoms with Crippen LogP contribution in [0.3, 0.4) is 0 Å². The molecule has 1 atom stereocenters. The fourth-order valence-corrected chi connectivity index (χ4v) is 3.29. The molecule has 1 aliphatic heterocycles. The topological polar surface area (TPSA) is 145 Å². The lowest BCUT2D eigenvalue weighted by molar-refractivity contribution is -0.123. The number of benzene rings is 1. The van der Waals surface area contributed by atoms with Crippen LogP contribution in [0.1, 0.15) is 28.4 Å². The van der Waals surface area contributed by atoms with Crippen LogP contribution in [-0.2, 0) is 22.7 Å². The van der Waals surface area contributed by atoms with Crippen molar-refractivity contribution in [1.82, 2.24) is 19.9 Å². The summed E-state index contributed by atoms with van der Waals surface area (Å²) in [6.07, 6.45) is 3.53. The van der Waals surface area contributed by atoms with Gasteiger partial charge in [-0.1, -0.05) is 36.4 Å². The van der Waals surface area contributed by atoms with Crippen molar-refractivity contribution in [2.75, 3.05) is 12.3 Å². The minimum Gasteiger partial charge on any atom is -0.483 e. The number of rotatable bonds is 3. The largest absolute Gasteiger partial charge is 0.483 e. The van der Waals surface area contributed by atoms with E-state index >= 15 is 0 Å². The van der Waals surface area contributed by atoms with Crippen molar-refractivity contribution in [3.8, 4) is 0 Å². The SMILES string of the molecule is Nc1ncccc1CN1Cc2[nH]cnc2C(c2ccccc2)C1.O=CO.O=CO. The molecule has 5 N–H and O–H groups in total. The van der Waals surface area contributed by atoms with E-state index in [0.717, 1.165) is 30.9 Å². The monoisotopic (exact) mass is 397 g/mol. The maximum atomic E-state index is 8.36. The number of carboxylic acid groups (broad SMARTS) is 2. The summed E-state index contributed by atoms with van der Waals surface area (Å²) < 4.78 is 0. The van der Waals surface area contributed by atoms with E-state index in [2.05, 4.69) is 44.1 Å². The highest BCUT2D eigenvalue weighted by Crippen LogP contribution is 2.32. The van der Waals surface area contributed by atoms with Gasteiger partial charge in [0, 0.05) is 37.3 Å². The lowest BCUT2D eigenvalue weighted by atomic mass is 9.91. The number of carbonyl (C=O) groups is 2. The summed E-state index contributed by atoms with van der Waals surface area (Å²) in [5.41, 5.74) is 10.7. The van der Waals surface area contributed by atoms with Crippen LogP contribution in [0.4, 0.5) is 5.82 Å². The molecule has 0 aliphatic carbocycles. The molecule has 3 heterocycles. The zero-order chi connectivity index (χ0) is 21.1. The number of nitrogens with one attached hydrogen (secondary N) is 1. The molecule has 0 spiro atoms. The molecule has 9 nitrogen and oxygen atoms in total. The van der Waals surface area contributed by atoms with Crippen LogP contribution in [0, 0.1) is 0 Å². The van der Waals surface area contributed by atoms with Gasteiger partial charge in [0.15, 0.2) is 0 Å². The van der Waals surface area contributed by atoms with Crippen LogP contribution in [-0.4, -0.2) is 49.6 Å². The van der Waals surface area contributed by atoms with Crippen LogP contribution >= 0.6 is 0 Å². The molecular formula is C20H23N5O4. The van der Waals surface area contributed by atoms with Crippen molar-refractivity contribution >= 4 is 18.8 Å². The molecule has 152 valence electrons. The van der Waals surface area contributed by atoms with Gasteiger partial charge in [-0.25, -0.2) is 9.97 Å². The van der Waals surface area contributed by atoms with E-state index < -0.39 is 0 Å². The highest BCUT2D eigenvalue weighted by molar-refractivity contribution is 5.39. The van der Waals surface area contributed by atoms with Crippen molar-refractivity contribution in [2.24, 2.45) is 0 Å². The number of nitrogen functional groups attached to an aromatic ring is 1. The number of aromatic nitrogens is 3. The Morgan fingerprint density at radius 3 is 2.45 bits per heavy atom. The number of nitrogens with zero attached hydrogens (tertiary/aromatic N) is 3. The molecule has 0 bridgehead atoms. The minimum absolute atomic E-state index is 0.250. The second-order valence-electron chi connectivity index (χ2n) is 6.16. The Balaban J connectivity index is 0.000000449. The summed E-state index contributed by atoms with van der Waals surface area (Å²) in [7, 11) is 0. The van der Waals surface area contributed by atoms with Gasteiger partial charge in [0.05, 0.1) is 17.7 Å². The summed E-state index contributed by atoms with van der Waals surface area (Å²) in [5.74, 6) is 0.892. The molecule has 4 rings (SSSR count). The van der Waals surface area contributed by atoms with Gasteiger partial charge in [-0.2, -0.15) is 0 Å². The highest BCUT2D eigenvalue weighted by Gasteiger charge is 2.29. The van der Waals surface area contributed by atoms with Crippen LogP contribution in [0.5, 0.6) is 0 Å². The molecule has 0 fully saturated rings. The predicted molar refractivity (Wildman–Crippen MR) is 107 cm³/mol. The van der Waals surface area contributed by atoms with E-state index in [1.807, 2.05) is 18.2 Å². The molecule has 29 heavy (non-hydrogen) atoms. The number of nitrogens with two attached hydrogens (primary N) is 1. The average molecular weight is 397 g/mol. The molecule has 1 unspecified atom stereocenters. The van der Waals surface area contributed by atoms with Gasteiger partial charge < -0.3 is 20.9 Å². The molecule has 0 saturated carbocycles. The summed E-state index contributed by atoms with van der Waals surface area (Å²) >= 11 is 0. The minimum atomic E-state index is -0.250. The quantitative estimate of drug-likeness (QED) is 0.491. The number of hydrogen-bond acceptors (Lipinski definition) is 6. The van der Waals surface area contributed by atoms with Crippen molar-refractivity contribution < 1.29 is 19.8 Å². The third-order valence-corrected chi connectivity index (χ3v) is 4.43. The van der Waals surface area contributed by atoms with Crippen molar-refractivity contribution in [1.29, 1.82) is 0 Å². The molecule has 2 aromatic heterocycles. The van der Waals surface area contributed by atoms with Gasteiger partial charge >= 0.3 is 0 Å². The Morgan fingerprint density at radius 2 is 1.79 bits per heavy atom. The van der Waals surface area contributed by atoms with Gasteiger partial charge in [0.1, 0.15) is 5.82 Å². The highest BCUT2D eigenvalue weighted by atomic mass is 16.3. The standard InChI is InChI=1S/C18H19N5.2CH2O2/c19-18-14(7-4-8-20-18)9-23-10-15(13-5-2-1-3-6-13)17-16(11-23)21-12-22-17;2*2-1-3/h1-8,12,15H,9-11H2,(H2,19,20)(H,21,22);2*1H,(H,2,3). The normalized spacial score (nSPS) is 15.0. The summed E-state index contributed by atoms with van der Waals surface area (Å²) in [6.45, 7) is 2.07. The zero-order valence-corrected chi connectivity index (χ0v) is 15.7. The fourth-order valence-electron chi connectivity index (χ4n) is 3.29. The number of imidazole rings is 1. The lowest BCUT2D eigenvalue weighted by Crippen LogP contribution is -2.34. The number of aromatic amines is 1. The Kier molecular flexibility index (Phi) is 8.33. The molecule has 1 aromatic carbocycles. The number of H-pyrrole nitrogens is 1. The summed E-state index contributed by atoms with van der Waals surface area (Å²) in [6, 6.07) is 14.5. The van der Waals surface area contributed by atoms with E-state index in [-0.39, 0.29) is 18.9 Å². The van der Waals surface area contributed by atoms with E-state index in [1.54, 1.807) is 12.5 Å². The summed E-state index contributed by atoms with van der Waals surface area (Å²) in [4.78, 5) is 31.1. The van der Waals surface area contributed by atoms with Gasteiger partial charge in [0.25, 0.3) is 12.9 Å². The molecule has 9 heteroatoms. The molecular weight excluding hydrogens is 374 g/mol. The van der Waals surface area contributed by atoms with Gasteiger partial charge in [-0.15, -0.1) is 0 Å². The number of hydrogen-bond donors (Lipinski definition) is 4. The molecule has 3 aromatic rings. The van der Waals surface area contributed by atoms with E-state index in [0.29, 0.717) is 5.82 Å². The third kappa shape index (κ3) is 5.88. The lowest BCUT2D eigenvalue weighted by Gasteiger charge is -2.32. The first-order valence-electron chi connectivity index (χ1n) is 8.79. The zero-order valence-electron chi connectivity index (χ0n) is 15.7. The Morgan fingerprint density at radius 1 is 1.10 bits per heavy atom. The number of fused-ring (bicyclic) bond motifs is 1. The van der Waals surface area contributed by atoms with Crippen LogP contribution < -0.4 is 5.73 Å². The molecule has 1 aliphatic rings. The van der Waals surface area contributed by atoms with E-state index in [1.165, 1.54) is 11.3 Å². The molecule has 0 radical (unpaired) electrons. The van der Waals surface area contributed by atoms with E-state index in [4.69, 9.17) is 25.5 Å². The van der Waals surface area contributed by atoms with Crippen LogP contribution in [0.25, 0.3) is 0 Å². The van der Waals surface area contributed by atoms with Crippen molar-refractivity contribution in [3.63, 3.8) is 0 Å². The second-order valence-corrected chi connectivity index (χ2v) is 6.16. The Labute approximate surface area is 167 Å². The van der Waals surface area contributed by atoms with Crippen molar-refractivity contribution in [2.45, 2.75) is 19.0 Å². The van der Waals surface area contributed by atoms with Gasteiger partial charge in [-0.3, -0.25) is 14.5 Å². The predicted octanol–water partition coefficient (Wildman–Crippen LogP) is 1.94. The Hall–Kier alpha value is -3.72. The number of pyridine rings is 1. The summed E-state index contributed by atoms with van der Waals surface area (Å²) in [5, 5.41) is 13.8. The Bertz CT molecular complexity index is 895. The van der Waals surface area contributed by atoms with Gasteiger partial charge in [-0.05, 0) is 11.6 Å². The smallest absolute Gasteiger partial charge is 0.290 e. The van der Waals surface area contributed by atoms with Crippen LogP contribution in [0.2, 0.25) is 0 Å². The third-order valence-electron chi connectivity index (χ3n) is 4.43. The maximum Gasteiger partial charge on any atom is 0.290 e.